The van der Waals surface area contributed by atoms with Crippen LogP contribution >= 0.6 is 0 Å². The Bertz CT molecular complexity index is 801. The predicted octanol–water partition coefficient (Wildman–Crippen LogP) is 4.28. The van der Waals surface area contributed by atoms with Crippen molar-refractivity contribution in [2.75, 3.05) is 13.2 Å². The number of hydrogen-bond acceptors (Lipinski definition) is 2. The largest absolute Gasteiger partial charge is 0.538 e. The standard InChI is InChI=1S/C17H16F5NO2Si/c1-23(17(24)10-7-5-4-6-8-10)9-26(2,3)25-16-14(21)12(19)11(18)13(20)15(16)22/h4-8H,9H2,1-3H3. The Balaban J connectivity index is 2.23. The molecule has 0 spiro atoms. The molecule has 2 aromatic rings. The van der Waals surface area contributed by atoms with Gasteiger partial charge in [-0.2, -0.15) is 8.78 Å². The van der Waals surface area contributed by atoms with Gasteiger partial charge in [-0.05, 0) is 25.2 Å². The van der Waals surface area contributed by atoms with E-state index >= 15 is 0 Å². The summed E-state index contributed by atoms with van der Waals surface area (Å²) < 4.78 is 72.5. The molecule has 3 nitrogen and oxygen atoms in total. The van der Waals surface area contributed by atoms with Crippen LogP contribution in [0.15, 0.2) is 30.3 Å². The Morgan fingerprint density at radius 1 is 0.923 bits per heavy atom. The Morgan fingerprint density at radius 2 is 1.38 bits per heavy atom. The number of halogens is 5. The Labute approximate surface area is 148 Å². The van der Waals surface area contributed by atoms with Crippen molar-refractivity contribution in [2.24, 2.45) is 0 Å². The van der Waals surface area contributed by atoms with E-state index < -0.39 is 43.2 Å². The van der Waals surface area contributed by atoms with E-state index in [1.165, 1.54) is 25.0 Å². The molecule has 0 aromatic heterocycles. The smallest absolute Gasteiger partial charge is 0.264 e. The summed E-state index contributed by atoms with van der Waals surface area (Å²) in [6.45, 7) is 3.00. The zero-order valence-electron chi connectivity index (χ0n) is 14.2. The fourth-order valence-corrected chi connectivity index (χ4v) is 4.51. The van der Waals surface area contributed by atoms with E-state index in [0.29, 0.717) is 5.56 Å². The third-order valence-electron chi connectivity index (χ3n) is 3.53. The number of nitrogens with zero attached hydrogens (tertiary/aromatic N) is 1. The maximum Gasteiger partial charge on any atom is 0.264 e. The molecule has 140 valence electrons. The second-order valence-corrected chi connectivity index (χ2v) is 10.3. The van der Waals surface area contributed by atoms with E-state index in [0.717, 1.165) is 0 Å². The van der Waals surface area contributed by atoms with Crippen LogP contribution in [-0.4, -0.2) is 32.3 Å². The molecule has 0 aliphatic carbocycles. The third kappa shape index (κ3) is 4.04. The van der Waals surface area contributed by atoms with Crippen LogP contribution in [0.5, 0.6) is 5.75 Å². The topological polar surface area (TPSA) is 29.5 Å². The average Bonchev–Trinajstić information content (AvgIpc) is 2.61. The first-order chi connectivity index (χ1) is 12.0. The van der Waals surface area contributed by atoms with Gasteiger partial charge in [0.2, 0.25) is 29.1 Å². The van der Waals surface area contributed by atoms with Crippen molar-refractivity contribution in [1.82, 2.24) is 4.90 Å². The summed E-state index contributed by atoms with van der Waals surface area (Å²) in [5.74, 6) is -12.1. The zero-order valence-corrected chi connectivity index (χ0v) is 15.2. The second kappa shape index (κ2) is 7.44. The number of amides is 1. The van der Waals surface area contributed by atoms with Crippen molar-refractivity contribution >= 4 is 14.2 Å². The van der Waals surface area contributed by atoms with Gasteiger partial charge in [-0.15, -0.1) is 0 Å². The molecular weight excluding hydrogens is 373 g/mol. The lowest BCUT2D eigenvalue weighted by Gasteiger charge is -2.29. The average molecular weight is 389 g/mol. The van der Waals surface area contributed by atoms with Gasteiger partial charge in [0, 0.05) is 18.8 Å². The monoisotopic (exact) mass is 389 g/mol. The van der Waals surface area contributed by atoms with Crippen molar-refractivity contribution in [3.8, 4) is 5.75 Å². The predicted molar refractivity (Wildman–Crippen MR) is 87.7 cm³/mol. The van der Waals surface area contributed by atoms with Crippen molar-refractivity contribution < 1.29 is 31.2 Å². The molecule has 0 fully saturated rings. The van der Waals surface area contributed by atoms with Crippen LogP contribution in [0.25, 0.3) is 0 Å². The quantitative estimate of drug-likeness (QED) is 0.331. The minimum absolute atomic E-state index is 0.0276. The summed E-state index contributed by atoms with van der Waals surface area (Å²) in [6, 6.07) is 8.28. The van der Waals surface area contributed by atoms with Crippen LogP contribution in [0.1, 0.15) is 10.4 Å². The zero-order chi connectivity index (χ0) is 19.6. The molecule has 0 aliphatic rings. The van der Waals surface area contributed by atoms with Gasteiger partial charge in [0.1, 0.15) is 0 Å². The van der Waals surface area contributed by atoms with Gasteiger partial charge in [-0.3, -0.25) is 4.79 Å². The molecule has 0 atom stereocenters. The first-order valence-electron chi connectivity index (χ1n) is 7.56. The highest BCUT2D eigenvalue weighted by atomic mass is 28.4. The summed E-state index contributed by atoms with van der Waals surface area (Å²) in [5.41, 5.74) is 0.399. The van der Waals surface area contributed by atoms with Crippen LogP contribution in [0.2, 0.25) is 13.1 Å². The molecule has 0 saturated heterocycles. The Kier molecular flexibility index (Phi) is 5.70. The highest BCUT2D eigenvalue weighted by molar-refractivity contribution is 6.72. The molecule has 9 heteroatoms. The van der Waals surface area contributed by atoms with E-state index in [-0.39, 0.29) is 12.1 Å². The molecule has 0 N–H and O–H groups in total. The molecule has 0 heterocycles. The summed E-state index contributed by atoms with van der Waals surface area (Å²) in [4.78, 5) is 13.6. The number of carbonyl (C=O) groups is 1. The normalized spacial score (nSPS) is 11.4. The SMILES string of the molecule is CN(C[Si](C)(C)Oc1c(F)c(F)c(F)c(F)c1F)C(=O)c1ccccc1. The molecule has 0 aliphatic heterocycles. The second-order valence-electron chi connectivity index (χ2n) is 6.29. The summed E-state index contributed by atoms with van der Waals surface area (Å²) in [5, 5.41) is 0. The summed E-state index contributed by atoms with van der Waals surface area (Å²) >= 11 is 0. The molecule has 0 radical (unpaired) electrons. The van der Waals surface area contributed by atoms with Crippen LogP contribution in [0.3, 0.4) is 0 Å². The molecule has 0 bridgehead atoms. The lowest BCUT2D eigenvalue weighted by Crippen LogP contribution is -2.48. The molecule has 26 heavy (non-hydrogen) atoms. The van der Waals surface area contributed by atoms with Crippen LogP contribution in [0.4, 0.5) is 22.0 Å². The van der Waals surface area contributed by atoms with Gasteiger partial charge in [0.25, 0.3) is 14.2 Å². The van der Waals surface area contributed by atoms with Gasteiger partial charge in [-0.1, -0.05) is 18.2 Å². The summed E-state index contributed by atoms with van der Waals surface area (Å²) in [7, 11) is -1.60. The first-order valence-corrected chi connectivity index (χ1v) is 10.7. The highest BCUT2D eigenvalue weighted by Crippen LogP contribution is 2.31. The first kappa shape index (κ1) is 19.9. The van der Waals surface area contributed by atoms with Gasteiger partial charge in [-0.25, -0.2) is 13.2 Å². The number of rotatable bonds is 5. The van der Waals surface area contributed by atoms with Crippen LogP contribution < -0.4 is 4.43 Å². The van der Waals surface area contributed by atoms with Crippen molar-refractivity contribution in [3.63, 3.8) is 0 Å². The molecule has 0 unspecified atom stereocenters. The van der Waals surface area contributed by atoms with Crippen LogP contribution in [-0.2, 0) is 0 Å². The van der Waals surface area contributed by atoms with E-state index in [1.54, 1.807) is 30.3 Å². The van der Waals surface area contributed by atoms with E-state index in [1.807, 2.05) is 0 Å². The van der Waals surface area contributed by atoms with Gasteiger partial charge < -0.3 is 9.33 Å². The lowest BCUT2D eigenvalue weighted by atomic mass is 10.2. The fraction of sp³-hybridized carbons (Fsp3) is 0.235. The number of carbonyl (C=O) groups excluding carboxylic acids is 1. The Morgan fingerprint density at radius 3 is 1.88 bits per heavy atom. The van der Waals surface area contributed by atoms with Gasteiger partial charge in [0.05, 0.1) is 0 Å². The summed E-state index contributed by atoms with van der Waals surface area (Å²) in [6.07, 6.45) is -0.0276. The molecular formula is C17H16F5NO2Si. The Hall–Kier alpha value is -2.42. The van der Waals surface area contributed by atoms with Crippen molar-refractivity contribution in [1.29, 1.82) is 0 Å². The molecule has 1 amide bonds. The van der Waals surface area contributed by atoms with E-state index in [9.17, 15) is 26.7 Å². The van der Waals surface area contributed by atoms with E-state index in [4.69, 9.17) is 4.43 Å². The maximum atomic E-state index is 13.8. The van der Waals surface area contributed by atoms with Gasteiger partial charge >= 0.3 is 0 Å². The minimum atomic E-state index is -3.06. The molecule has 0 saturated carbocycles. The lowest BCUT2D eigenvalue weighted by molar-refractivity contribution is 0.0811. The van der Waals surface area contributed by atoms with Crippen molar-refractivity contribution in [2.45, 2.75) is 13.1 Å². The molecule has 2 aromatic carbocycles. The van der Waals surface area contributed by atoms with Crippen molar-refractivity contribution in [3.05, 3.63) is 65.0 Å². The highest BCUT2D eigenvalue weighted by Gasteiger charge is 2.34. The number of benzene rings is 2. The fourth-order valence-electron chi connectivity index (χ4n) is 2.43. The minimum Gasteiger partial charge on any atom is -0.538 e. The third-order valence-corrected chi connectivity index (χ3v) is 5.53. The number of hydrogen-bond donors (Lipinski definition) is 0. The molecule has 2 rings (SSSR count). The maximum absolute atomic E-state index is 13.8. The van der Waals surface area contributed by atoms with Crippen LogP contribution in [0, 0.1) is 29.1 Å². The van der Waals surface area contributed by atoms with E-state index in [2.05, 4.69) is 0 Å². The van der Waals surface area contributed by atoms with Gasteiger partial charge in [0.15, 0.2) is 5.75 Å².